The van der Waals surface area contributed by atoms with Crippen LogP contribution in [0.5, 0.6) is 5.75 Å². The molecule has 19 heavy (non-hydrogen) atoms. The molecule has 0 aromatic heterocycles. The van der Waals surface area contributed by atoms with Crippen molar-refractivity contribution in [1.82, 2.24) is 4.90 Å². The molecule has 1 aromatic carbocycles. The molecule has 1 amide bonds. The summed E-state index contributed by atoms with van der Waals surface area (Å²) >= 11 is 1.46. The maximum absolute atomic E-state index is 12.1. The molecular formula is C13H15NO4S. The van der Waals surface area contributed by atoms with Gasteiger partial charge >= 0.3 is 5.97 Å². The number of amides is 1. The molecule has 1 heterocycles. The molecule has 1 fully saturated rings. The summed E-state index contributed by atoms with van der Waals surface area (Å²) in [5.74, 6) is 0.490. The Labute approximate surface area is 115 Å². The third kappa shape index (κ3) is 3.20. The van der Waals surface area contributed by atoms with Gasteiger partial charge in [-0.25, -0.2) is 4.79 Å². The Bertz CT molecular complexity index is 491. The van der Waals surface area contributed by atoms with Crippen LogP contribution in [0.2, 0.25) is 0 Å². The Morgan fingerprint density at radius 2 is 2.32 bits per heavy atom. The SMILES string of the molecule is COc1cccc(CC(=O)N2CSCC2C(=O)O)c1. The second-order valence-corrected chi connectivity index (χ2v) is 5.25. The van der Waals surface area contributed by atoms with Crippen LogP contribution in [0.3, 0.4) is 0 Å². The smallest absolute Gasteiger partial charge is 0.327 e. The first-order chi connectivity index (χ1) is 9.11. The van der Waals surface area contributed by atoms with E-state index in [4.69, 9.17) is 9.84 Å². The Kier molecular flexibility index (Phi) is 4.31. The van der Waals surface area contributed by atoms with Crippen molar-refractivity contribution in [3.63, 3.8) is 0 Å². The van der Waals surface area contributed by atoms with E-state index in [-0.39, 0.29) is 12.3 Å². The monoisotopic (exact) mass is 281 g/mol. The molecule has 6 heteroatoms. The molecule has 0 bridgehead atoms. The summed E-state index contributed by atoms with van der Waals surface area (Å²) in [5.41, 5.74) is 0.824. The highest BCUT2D eigenvalue weighted by Gasteiger charge is 2.34. The van der Waals surface area contributed by atoms with E-state index < -0.39 is 12.0 Å². The molecule has 1 unspecified atom stereocenters. The highest BCUT2D eigenvalue weighted by Crippen LogP contribution is 2.22. The fourth-order valence-electron chi connectivity index (χ4n) is 1.95. The largest absolute Gasteiger partial charge is 0.497 e. The van der Waals surface area contributed by atoms with Gasteiger partial charge in [0.1, 0.15) is 11.8 Å². The van der Waals surface area contributed by atoms with Crippen LogP contribution in [-0.4, -0.2) is 46.7 Å². The number of carbonyl (C=O) groups excluding carboxylic acids is 1. The molecule has 0 radical (unpaired) electrons. The molecule has 1 saturated heterocycles. The second kappa shape index (κ2) is 5.97. The van der Waals surface area contributed by atoms with Gasteiger partial charge in [0.15, 0.2) is 0 Å². The van der Waals surface area contributed by atoms with Crippen molar-refractivity contribution in [2.24, 2.45) is 0 Å². The minimum atomic E-state index is -0.941. The molecular weight excluding hydrogens is 266 g/mol. The number of benzene rings is 1. The highest BCUT2D eigenvalue weighted by atomic mass is 32.2. The van der Waals surface area contributed by atoms with Crippen LogP contribution in [0.4, 0.5) is 0 Å². The molecule has 0 aliphatic carbocycles. The van der Waals surface area contributed by atoms with Crippen molar-refractivity contribution in [3.8, 4) is 5.75 Å². The zero-order chi connectivity index (χ0) is 13.8. The van der Waals surface area contributed by atoms with Gasteiger partial charge in [-0.1, -0.05) is 12.1 Å². The van der Waals surface area contributed by atoms with Crippen LogP contribution in [0, 0.1) is 0 Å². The maximum atomic E-state index is 12.1. The molecule has 102 valence electrons. The predicted octanol–water partition coefficient (Wildman–Crippen LogP) is 1.22. The summed E-state index contributed by atoms with van der Waals surface area (Å²) in [6.07, 6.45) is 0.196. The van der Waals surface area contributed by atoms with E-state index >= 15 is 0 Å². The van der Waals surface area contributed by atoms with Gasteiger partial charge in [0.05, 0.1) is 19.4 Å². The Hall–Kier alpha value is -1.69. The number of hydrogen-bond acceptors (Lipinski definition) is 4. The van der Waals surface area contributed by atoms with Gasteiger partial charge in [0.25, 0.3) is 0 Å². The quantitative estimate of drug-likeness (QED) is 0.899. The summed E-state index contributed by atoms with van der Waals surface area (Å²) in [5, 5.41) is 9.05. The molecule has 0 spiro atoms. The van der Waals surface area contributed by atoms with E-state index in [0.29, 0.717) is 17.4 Å². The van der Waals surface area contributed by atoms with Gasteiger partial charge in [-0.2, -0.15) is 0 Å². The molecule has 1 aromatic rings. The van der Waals surface area contributed by atoms with Crippen molar-refractivity contribution >= 4 is 23.6 Å². The lowest BCUT2D eigenvalue weighted by Gasteiger charge is -2.20. The topological polar surface area (TPSA) is 66.8 Å². The van der Waals surface area contributed by atoms with Crippen LogP contribution in [0.15, 0.2) is 24.3 Å². The van der Waals surface area contributed by atoms with Gasteiger partial charge in [0, 0.05) is 5.75 Å². The number of carbonyl (C=O) groups is 2. The van der Waals surface area contributed by atoms with Crippen LogP contribution >= 0.6 is 11.8 Å². The number of carboxylic acids is 1. The van der Waals surface area contributed by atoms with Gasteiger partial charge in [-0.3, -0.25) is 4.79 Å². The van der Waals surface area contributed by atoms with Crippen LogP contribution in [0.1, 0.15) is 5.56 Å². The number of thioether (sulfide) groups is 1. The lowest BCUT2D eigenvalue weighted by molar-refractivity contribution is -0.147. The number of methoxy groups -OCH3 is 1. The standard InChI is InChI=1S/C13H15NO4S/c1-18-10-4-2-3-9(5-10)6-12(15)14-8-19-7-11(14)13(16)17/h2-5,11H,6-8H2,1H3,(H,16,17). The van der Waals surface area contributed by atoms with E-state index in [0.717, 1.165) is 5.56 Å². The number of hydrogen-bond donors (Lipinski definition) is 1. The van der Waals surface area contributed by atoms with Gasteiger partial charge in [-0.05, 0) is 17.7 Å². The average molecular weight is 281 g/mol. The molecule has 1 N–H and O–H groups in total. The first-order valence-corrected chi connectivity index (χ1v) is 7.00. The average Bonchev–Trinajstić information content (AvgIpc) is 2.88. The molecule has 1 aliphatic heterocycles. The fraction of sp³-hybridized carbons (Fsp3) is 0.385. The molecule has 1 atom stereocenters. The number of nitrogens with zero attached hydrogens (tertiary/aromatic N) is 1. The summed E-state index contributed by atoms with van der Waals surface area (Å²) in [7, 11) is 1.57. The first kappa shape index (κ1) is 13.7. The Balaban J connectivity index is 2.06. The summed E-state index contributed by atoms with van der Waals surface area (Å²) in [4.78, 5) is 24.6. The lowest BCUT2D eigenvalue weighted by atomic mass is 10.1. The van der Waals surface area contributed by atoms with Crippen molar-refractivity contribution in [2.45, 2.75) is 12.5 Å². The van der Waals surface area contributed by atoms with Gasteiger partial charge in [0.2, 0.25) is 5.91 Å². The predicted molar refractivity (Wildman–Crippen MR) is 72.3 cm³/mol. The Morgan fingerprint density at radius 1 is 1.53 bits per heavy atom. The zero-order valence-electron chi connectivity index (χ0n) is 10.5. The van der Waals surface area contributed by atoms with E-state index in [1.165, 1.54) is 16.7 Å². The summed E-state index contributed by atoms with van der Waals surface area (Å²) < 4.78 is 5.10. The number of ether oxygens (including phenoxy) is 1. The second-order valence-electron chi connectivity index (χ2n) is 4.25. The first-order valence-electron chi connectivity index (χ1n) is 5.85. The molecule has 5 nitrogen and oxygen atoms in total. The van der Waals surface area contributed by atoms with Crippen LogP contribution in [-0.2, 0) is 16.0 Å². The van der Waals surface area contributed by atoms with Crippen molar-refractivity contribution < 1.29 is 19.4 Å². The third-order valence-corrected chi connectivity index (χ3v) is 3.99. The number of carboxylic acid groups (broad SMARTS) is 1. The summed E-state index contributed by atoms with van der Waals surface area (Å²) in [6, 6.07) is 6.54. The fourth-order valence-corrected chi connectivity index (χ4v) is 3.12. The van der Waals surface area contributed by atoms with Crippen molar-refractivity contribution in [2.75, 3.05) is 18.7 Å². The lowest BCUT2D eigenvalue weighted by Crippen LogP contribution is -2.42. The van der Waals surface area contributed by atoms with Crippen LogP contribution in [0.25, 0.3) is 0 Å². The molecule has 1 aliphatic rings. The normalized spacial score (nSPS) is 18.4. The number of rotatable bonds is 4. The van der Waals surface area contributed by atoms with E-state index in [2.05, 4.69) is 0 Å². The van der Waals surface area contributed by atoms with Crippen molar-refractivity contribution in [3.05, 3.63) is 29.8 Å². The minimum absolute atomic E-state index is 0.161. The minimum Gasteiger partial charge on any atom is -0.497 e. The summed E-state index contributed by atoms with van der Waals surface area (Å²) in [6.45, 7) is 0. The maximum Gasteiger partial charge on any atom is 0.327 e. The molecule has 0 saturated carbocycles. The van der Waals surface area contributed by atoms with E-state index in [9.17, 15) is 9.59 Å². The van der Waals surface area contributed by atoms with Gasteiger partial charge in [-0.15, -0.1) is 11.8 Å². The van der Waals surface area contributed by atoms with E-state index in [1.54, 1.807) is 19.2 Å². The Morgan fingerprint density at radius 3 is 3.00 bits per heavy atom. The zero-order valence-corrected chi connectivity index (χ0v) is 11.4. The third-order valence-electron chi connectivity index (χ3n) is 2.98. The highest BCUT2D eigenvalue weighted by molar-refractivity contribution is 7.99. The van der Waals surface area contributed by atoms with Crippen molar-refractivity contribution in [1.29, 1.82) is 0 Å². The van der Waals surface area contributed by atoms with Gasteiger partial charge < -0.3 is 14.7 Å². The molecule has 2 rings (SSSR count). The number of aliphatic carboxylic acids is 1. The van der Waals surface area contributed by atoms with Crippen LogP contribution < -0.4 is 4.74 Å². The van der Waals surface area contributed by atoms with E-state index in [1.807, 2.05) is 12.1 Å².